The first-order chi connectivity index (χ1) is 10.1. The monoisotopic (exact) mass is 308 g/mol. The average molecular weight is 308 g/mol. The average Bonchev–Trinajstić information content (AvgIpc) is 2.51. The third kappa shape index (κ3) is 3.17. The van der Waals surface area contributed by atoms with Gasteiger partial charge in [0.05, 0.1) is 0 Å². The van der Waals surface area contributed by atoms with Crippen molar-refractivity contribution in [3.05, 3.63) is 72.3 Å². The van der Waals surface area contributed by atoms with E-state index in [2.05, 4.69) is 80.7 Å². The van der Waals surface area contributed by atoms with E-state index >= 15 is 0 Å². The van der Waals surface area contributed by atoms with Crippen molar-refractivity contribution in [3.8, 4) is 22.3 Å². The number of hydrogen-bond acceptors (Lipinski definition) is 2. The fourth-order valence-corrected chi connectivity index (χ4v) is 2.63. The maximum Gasteiger partial charge on any atom is 0.00696 e. The SMILES string of the molecule is Cc1cc(-c2ccc(-c3ccc(S)cc3)cc2)ccc1S. The van der Waals surface area contributed by atoms with Crippen molar-refractivity contribution >= 4 is 25.3 Å². The molecule has 0 heterocycles. The van der Waals surface area contributed by atoms with Gasteiger partial charge in [-0.05, 0) is 52.9 Å². The summed E-state index contributed by atoms with van der Waals surface area (Å²) in [5, 5.41) is 0. The van der Waals surface area contributed by atoms with Gasteiger partial charge in [0.15, 0.2) is 0 Å². The van der Waals surface area contributed by atoms with Crippen LogP contribution in [0.2, 0.25) is 0 Å². The smallest absolute Gasteiger partial charge is 0.00696 e. The fraction of sp³-hybridized carbons (Fsp3) is 0.0526. The van der Waals surface area contributed by atoms with Gasteiger partial charge in [-0.3, -0.25) is 0 Å². The van der Waals surface area contributed by atoms with Gasteiger partial charge in [0, 0.05) is 9.79 Å². The summed E-state index contributed by atoms with van der Waals surface area (Å²) in [6, 6.07) is 23.2. The van der Waals surface area contributed by atoms with Crippen LogP contribution in [0.5, 0.6) is 0 Å². The van der Waals surface area contributed by atoms with Crippen LogP contribution in [0.1, 0.15) is 5.56 Å². The van der Waals surface area contributed by atoms with E-state index in [9.17, 15) is 0 Å². The molecule has 0 bridgehead atoms. The van der Waals surface area contributed by atoms with E-state index in [0.29, 0.717) is 0 Å². The van der Waals surface area contributed by atoms with Gasteiger partial charge in [-0.25, -0.2) is 0 Å². The van der Waals surface area contributed by atoms with Crippen LogP contribution in [0.3, 0.4) is 0 Å². The van der Waals surface area contributed by atoms with Crippen molar-refractivity contribution < 1.29 is 0 Å². The Kier molecular flexibility index (Phi) is 4.09. The molecule has 0 N–H and O–H groups in total. The molecule has 3 aromatic rings. The van der Waals surface area contributed by atoms with Crippen molar-refractivity contribution in [3.63, 3.8) is 0 Å². The maximum atomic E-state index is 4.42. The molecule has 0 nitrogen and oxygen atoms in total. The van der Waals surface area contributed by atoms with Crippen molar-refractivity contribution in [1.29, 1.82) is 0 Å². The van der Waals surface area contributed by atoms with Gasteiger partial charge >= 0.3 is 0 Å². The van der Waals surface area contributed by atoms with Crippen LogP contribution < -0.4 is 0 Å². The lowest BCUT2D eigenvalue weighted by molar-refractivity contribution is 1.31. The summed E-state index contributed by atoms with van der Waals surface area (Å²) in [7, 11) is 0. The first-order valence-electron chi connectivity index (χ1n) is 6.83. The molecule has 3 rings (SSSR count). The van der Waals surface area contributed by atoms with Crippen molar-refractivity contribution in [2.45, 2.75) is 16.7 Å². The third-order valence-electron chi connectivity index (χ3n) is 3.62. The highest BCUT2D eigenvalue weighted by Gasteiger charge is 2.02. The molecule has 0 spiro atoms. The lowest BCUT2D eigenvalue weighted by Gasteiger charge is -2.07. The molecule has 0 aromatic heterocycles. The molecule has 21 heavy (non-hydrogen) atoms. The molecule has 0 saturated heterocycles. The summed E-state index contributed by atoms with van der Waals surface area (Å²) in [4.78, 5) is 2.01. The highest BCUT2D eigenvalue weighted by atomic mass is 32.1. The number of benzene rings is 3. The highest BCUT2D eigenvalue weighted by Crippen LogP contribution is 2.27. The second-order valence-corrected chi connectivity index (χ2v) is 6.12. The molecular formula is C19H16S2. The molecular weight excluding hydrogens is 292 g/mol. The summed E-state index contributed by atoms with van der Waals surface area (Å²) >= 11 is 8.74. The largest absolute Gasteiger partial charge is 0.143 e. The van der Waals surface area contributed by atoms with Crippen LogP contribution in [-0.4, -0.2) is 0 Å². The molecule has 0 aliphatic carbocycles. The highest BCUT2D eigenvalue weighted by molar-refractivity contribution is 7.80. The Morgan fingerprint density at radius 1 is 0.571 bits per heavy atom. The number of aryl methyl sites for hydroxylation is 1. The Hall–Kier alpha value is -1.64. The Bertz CT molecular complexity index is 757. The van der Waals surface area contributed by atoms with E-state index < -0.39 is 0 Å². The standard InChI is InChI=1S/C19H16S2/c1-13-12-17(8-11-19(13)21)16-4-2-14(3-5-16)15-6-9-18(20)10-7-15/h2-12,20-21H,1H3. The summed E-state index contributed by atoms with van der Waals surface area (Å²) < 4.78 is 0. The zero-order valence-corrected chi connectivity index (χ0v) is 13.5. The van der Waals surface area contributed by atoms with Gasteiger partial charge in [-0.2, -0.15) is 0 Å². The summed E-state index contributed by atoms with van der Waals surface area (Å²) in [5.41, 5.74) is 6.07. The van der Waals surface area contributed by atoms with E-state index in [1.54, 1.807) is 0 Å². The lowest BCUT2D eigenvalue weighted by Crippen LogP contribution is -1.83. The van der Waals surface area contributed by atoms with Gasteiger partial charge in [-0.15, -0.1) is 25.3 Å². The quantitative estimate of drug-likeness (QED) is 0.540. The summed E-state index contributed by atoms with van der Waals surface area (Å²) in [5.74, 6) is 0. The van der Waals surface area contributed by atoms with E-state index in [-0.39, 0.29) is 0 Å². The normalized spacial score (nSPS) is 10.6. The molecule has 0 saturated carbocycles. The summed E-state index contributed by atoms with van der Waals surface area (Å²) in [6.45, 7) is 2.08. The van der Waals surface area contributed by atoms with Crippen LogP contribution >= 0.6 is 25.3 Å². The van der Waals surface area contributed by atoms with E-state index in [0.717, 1.165) is 9.79 Å². The Morgan fingerprint density at radius 3 is 1.52 bits per heavy atom. The van der Waals surface area contributed by atoms with Gasteiger partial charge in [0.25, 0.3) is 0 Å². The molecule has 104 valence electrons. The molecule has 0 radical (unpaired) electrons. The minimum absolute atomic E-state index is 0.984. The molecule has 2 heteroatoms. The molecule has 0 atom stereocenters. The molecule has 0 unspecified atom stereocenters. The lowest BCUT2D eigenvalue weighted by atomic mass is 9.99. The van der Waals surface area contributed by atoms with Gasteiger partial charge < -0.3 is 0 Å². The van der Waals surface area contributed by atoms with Crippen molar-refractivity contribution in [2.24, 2.45) is 0 Å². The first-order valence-corrected chi connectivity index (χ1v) is 7.72. The van der Waals surface area contributed by atoms with Gasteiger partial charge in [-0.1, -0.05) is 48.5 Å². The second kappa shape index (κ2) is 6.00. The van der Waals surface area contributed by atoms with Crippen molar-refractivity contribution in [2.75, 3.05) is 0 Å². The Balaban J connectivity index is 1.93. The summed E-state index contributed by atoms with van der Waals surface area (Å²) in [6.07, 6.45) is 0. The molecule has 3 aromatic carbocycles. The number of hydrogen-bond donors (Lipinski definition) is 2. The van der Waals surface area contributed by atoms with Crippen LogP contribution in [-0.2, 0) is 0 Å². The Morgan fingerprint density at radius 2 is 1.00 bits per heavy atom. The second-order valence-electron chi connectivity index (χ2n) is 5.13. The first kappa shape index (κ1) is 14.3. The van der Waals surface area contributed by atoms with Crippen LogP contribution in [0.25, 0.3) is 22.3 Å². The third-order valence-corrected chi connectivity index (χ3v) is 4.42. The topological polar surface area (TPSA) is 0 Å². The predicted molar refractivity (Wildman–Crippen MR) is 96.6 cm³/mol. The van der Waals surface area contributed by atoms with E-state index in [4.69, 9.17) is 0 Å². The van der Waals surface area contributed by atoms with E-state index in [1.165, 1.54) is 27.8 Å². The van der Waals surface area contributed by atoms with Crippen LogP contribution in [0.4, 0.5) is 0 Å². The zero-order chi connectivity index (χ0) is 14.8. The number of rotatable bonds is 2. The Labute approximate surface area is 136 Å². The molecule has 0 aliphatic rings. The van der Waals surface area contributed by atoms with Gasteiger partial charge in [0.2, 0.25) is 0 Å². The maximum absolute atomic E-state index is 4.42. The predicted octanol–water partition coefficient (Wildman–Crippen LogP) is 5.91. The number of thiol groups is 2. The molecule has 0 fully saturated rings. The fourth-order valence-electron chi connectivity index (χ4n) is 2.34. The van der Waals surface area contributed by atoms with Crippen molar-refractivity contribution in [1.82, 2.24) is 0 Å². The molecule has 0 amide bonds. The van der Waals surface area contributed by atoms with E-state index in [1.807, 2.05) is 18.2 Å². The minimum Gasteiger partial charge on any atom is -0.143 e. The minimum atomic E-state index is 0.984. The zero-order valence-electron chi connectivity index (χ0n) is 11.7. The van der Waals surface area contributed by atoms with Crippen LogP contribution in [0, 0.1) is 6.92 Å². The van der Waals surface area contributed by atoms with Crippen LogP contribution in [0.15, 0.2) is 76.5 Å². The molecule has 0 aliphatic heterocycles. The van der Waals surface area contributed by atoms with Gasteiger partial charge in [0.1, 0.15) is 0 Å².